The van der Waals surface area contributed by atoms with Gasteiger partial charge in [0.15, 0.2) is 0 Å². The van der Waals surface area contributed by atoms with Crippen LogP contribution in [0.15, 0.2) is 18.2 Å². The third-order valence-corrected chi connectivity index (χ3v) is 1.86. The van der Waals surface area contributed by atoms with E-state index < -0.39 is 11.8 Å². The van der Waals surface area contributed by atoms with E-state index in [1.807, 2.05) is 6.92 Å². The average molecular weight is 182 g/mol. The third-order valence-electron chi connectivity index (χ3n) is 1.86. The summed E-state index contributed by atoms with van der Waals surface area (Å²) in [6, 6.07) is 4.58. The number of carboxylic acid groups (broad SMARTS) is 1. The standard InChI is InChI=1S/C10H11FO2/c1-2-7-3-4-9(11)8(5-7)6-10(12)13/h3-5H,2,6H2,1H3,(H,12,13). The van der Waals surface area contributed by atoms with E-state index in [1.165, 1.54) is 6.07 Å². The van der Waals surface area contributed by atoms with Gasteiger partial charge in [-0.25, -0.2) is 4.39 Å². The van der Waals surface area contributed by atoms with Gasteiger partial charge >= 0.3 is 5.97 Å². The molecule has 2 nitrogen and oxygen atoms in total. The number of aliphatic carboxylic acids is 1. The minimum atomic E-state index is -1.01. The smallest absolute Gasteiger partial charge is 0.307 e. The third kappa shape index (κ3) is 2.54. The minimum Gasteiger partial charge on any atom is -0.481 e. The molecule has 0 radical (unpaired) electrons. The molecule has 0 spiro atoms. The van der Waals surface area contributed by atoms with Gasteiger partial charge in [-0.05, 0) is 23.6 Å². The molecule has 1 rings (SSSR count). The van der Waals surface area contributed by atoms with Crippen LogP contribution in [0.1, 0.15) is 18.1 Å². The highest BCUT2D eigenvalue weighted by Crippen LogP contribution is 2.11. The predicted octanol–water partition coefficient (Wildman–Crippen LogP) is 2.02. The van der Waals surface area contributed by atoms with Crippen LogP contribution in [0, 0.1) is 5.82 Å². The Morgan fingerprint density at radius 1 is 1.54 bits per heavy atom. The van der Waals surface area contributed by atoms with E-state index in [9.17, 15) is 9.18 Å². The van der Waals surface area contributed by atoms with Crippen LogP contribution in [0.2, 0.25) is 0 Å². The maximum atomic E-state index is 13.0. The number of carboxylic acids is 1. The van der Waals surface area contributed by atoms with E-state index >= 15 is 0 Å². The van der Waals surface area contributed by atoms with E-state index in [-0.39, 0.29) is 12.0 Å². The summed E-state index contributed by atoms with van der Waals surface area (Å²) >= 11 is 0. The lowest BCUT2D eigenvalue weighted by molar-refractivity contribution is -0.136. The van der Waals surface area contributed by atoms with Crippen LogP contribution in [0.3, 0.4) is 0 Å². The summed E-state index contributed by atoms with van der Waals surface area (Å²) in [6.45, 7) is 1.94. The number of halogens is 1. The summed E-state index contributed by atoms with van der Waals surface area (Å²) in [7, 11) is 0. The summed E-state index contributed by atoms with van der Waals surface area (Å²) in [5.41, 5.74) is 1.21. The van der Waals surface area contributed by atoms with Gasteiger partial charge in [0, 0.05) is 0 Å². The first-order valence-corrected chi connectivity index (χ1v) is 4.12. The summed E-state index contributed by atoms with van der Waals surface area (Å²) in [4.78, 5) is 10.4. The molecule has 70 valence electrons. The first-order chi connectivity index (χ1) is 6.13. The molecule has 0 aliphatic rings. The van der Waals surface area contributed by atoms with Crippen molar-refractivity contribution in [2.24, 2.45) is 0 Å². The van der Waals surface area contributed by atoms with E-state index in [1.54, 1.807) is 12.1 Å². The Labute approximate surface area is 76.0 Å². The second-order valence-electron chi connectivity index (χ2n) is 2.85. The Morgan fingerprint density at radius 3 is 2.77 bits per heavy atom. The van der Waals surface area contributed by atoms with Gasteiger partial charge in [0.25, 0.3) is 0 Å². The van der Waals surface area contributed by atoms with Crippen LogP contribution in [-0.4, -0.2) is 11.1 Å². The number of hydrogen-bond acceptors (Lipinski definition) is 1. The second kappa shape index (κ2) is 4.03. The van der Waals surface area contributed by atoms with Gasteiger partial charge in [-0.2, -0.15) is 0 Å². The predicted molar refractivity (Wildman–Crippen MR) is 47.1 cm³/mol. The summed E-state index contributed by atoms with van der Waals surface area (Å²) in [5, 5.41) is 8.49. The molecule has 0 aromatic heterocycles. The maximum Gasteiger partial charge on any atom is 0.307 e. The second-order valence-corrected chi connectivity index (χ2v) is 2.85. The lowest BCUT2D eigenvalue weighted by Gasteiger charge is -2.02. The molecule has 0 saturated carbocycles. The van der Waals surface area contributed by atoms with Crippen LogP contribution < -0.4 is 0 Å². The molecule has 13 heavy (non-hydrogen) atoms. The van der Waals surface area contributed by atoms with Crippen LogP contribution in [0.5, 0.6) is 0 Å². The van der Waals surface area contributed by atoms with Crippen molar-refractivity contribution in [1.29, 1.82) is 0 Å². The van der Waals surface area contributed by atoms with Gasteiger partial charge in [-0.15, -0.1) is 0 Å². The molecule has 3 heteroatoms. The largest absolute Gasteiger partial charge is 0.481 e. The molecular weight excluding hydrogens is 171 g/mol. The fourth-order valence-electron chi connectivity index (χ4n) is 1.15. The van der Waals surface area contributed by atoms with Crippen LogP contribution in [0.4, 0.5) is 4.39 Å². The van der Waals surface area contributed by atoms with Crippen molar-refractivity contribution < 1.29 is 14.3 Å². The zero-order valence-electron chi connectivity index (χ0n) is 7.38. The zero-order chi connectivity index (χ0) is 9.84. The normalized spacial score (nSPS) is 10.0. The van der Waals surface area contributed by atoms with Gasteiger partial charge in [-0.3, -0.25) is 4.79 Å². The maximum absolute atomic E-state index is 13.0. The number of hydrogen-bond donors (Lipinski definition) is 1. The Kier molecular flexibility index (Phi) is 3.01. The van der Waals surface area contributed by atoms with Gasteiger partial charge in [0.05, 0.1) is 6.42 Å². The number of rotatable bonds is 3. The average Bonchev–Trinajstić information content (AvgIpc) is 2.08. The van der Waals surface area contributed by atoms with Crippen molar-refractivity contribution >= 4 is 5.97 Å². The highest BCUT2D eigenvalue weighted by atomic mass is 19.1. The fourth-order valence-corrected chi connectivity index (χ4v) is 1.15. The van der Waals surface area contributed by atoms with Gasteiger partial charge in [0.1, 0.15) is 5.82 Å². The molecule has 1 aromatic carbocycles. The van der Waals surface area contributed by atoms with E-state index in [0.717, 1.165) is 12.0 Å². The fraction of sp³-hybridized carbons (Fsp3) is 0.300. The molecule has 1 N–H and O–H groups in total. The number of benzene rings is 1. The highest BCUT2D eigenvalue weighted by molar-refractivity contribution is 5.70. The van der Waals surface area contributed by atoms with Crippen LogP contribution in [-0.2, 0) is 17.6 Å². The van der Waals surface area contributed by atoms with Crippen molar-refractivity contribution in [3.8, 4) is 0 Å². The molecule has 1 aromatic rings. The quantitative estimate of drug-likeness (QED) is 0.776. The van der Waals surface area contributed by atoms with Crippen LogP contribution >= 0.6 is 0 Å². The van der Waals surface area contributed by atoms with Crippen molar-refractivity contribution in [2.45, 2.75) is 19.8 Å². The Morgan fingerprint density at radius 2 is 2.23 bits per heavy atom. The Bertz CT molecular complexity index is 321. The van der Waals surface area contributed by atoms with E-state index in [4.69, 9.17) is 5.11 Å². The molecule has 0 bridgehead atoms. The lowest BCUT2D eigenvalue weighted by Crippen LogP contribution is -2.03. The van der Waals surface area contributed by atoms with Crippen molar-refractivity contribution in [3.05, 3.63) is 35.1 Å². The molecular formula is C10H11FO2. The highest BCUT2D eigenvalue weighted by Gasteiger charge is 2.06. The number of carbonyl (C=O) groups is 1. The first kappa shape index (κ1) is 9.71. The summed E-state index contributed by atoms with van der Waals surface area (Å²) < 4.78 is 13.0. The molecule has 0 amide bonds. The first-order valence-electron chi connectivity index (χ1n) is 4.12. The molecule has 0 unspecified atom stereocenters. The van der Waals surface area contributed by atoms with Crippen molar-refractivity contribution in [1.82, 2.24) is 0 Å². The van der Waals surface area contributed by atoms with Crippen LogP contribution in [0.25, 0.3) is 0 Å². The summed E-state index contributed by atoms with van der Waals surface area (Å²) in [5.74, 6) is -1.45. The molecule has 0 heterocycles. The molecule has 0 aliphatic carbocycles. The Hall–Kier alpha value is -1.38. The molecule has 0 fully saturated rings. The topological polar surface area (TPSA) is 37.3 Å². The zero-order valence-corrected chi connectivity index (χ0v) is 7.38. The molecule has 0 atom stereocenters. The number of aryl methyl sites for hydroxylation is 1. The SMILES string of the molecule is CCc1ccc(F)c(CC(=O)O)c1. The lowest BCUT2D eigenvalue weighted by atomic mass is 10.1. The van der Waals surface area contributed by atoms with Gasteiger partial charge < -0.3 is 5.11 Å². The van der Waals surface area contributed by atoms with Gasteiger partial charge in [-0.1, -0.05) is 19.1 Å². The van der Waals surface area contributed by atoms with E-state index in [2.05, 4.69) is 0 Å². The van der Waals surface area contributed by atoms with E-state index in [0.29, 0.717) is 0 Å². The molecule has 0 saturated heterocycles. The van der Waals surface area contributed by atoms with Gasteiger partial charge in [0.2, 0.25) is 0 Å². The van der Waals surface area contributed by atoms with Crippen molar-refractivity contribution in [2.75, 3.05) is 0 Å². The minimum absolute atomic E-state index is 0.250. The summed E-state index contributed by atoms with van der Waals surface area (Å²) in [6.07, 6.45) is 0.534. The van der Waals surface area contributed by atoms with Crippen molar-refractivity contribution in [3.63, 3.8) is 0 Å². The molecule has 0 aliphatic heterocycles. The monoisotopic (exact) mass is 182 g/mol. The Balaban J connectivity index is 2.96.